The van der Waals surface area contributed by atoms with Gasteiger partial charge in [0.25, 0.3) is 0 Å². The van der Waals surface area contributed by atoms with E-state index in [9.17, 15) is 15.0 Å². The number of likely N-dealkylation sites (tertiary alicyclic amines) is 1. The van der Waals surface area contributed by atoms with Crippen LogP contribution >= 0.6 is 0 Å². The normalized spacial score (nSPS) is 33.6. The molecule has 3 aliphatic carbocycles. The molecule has 5 aliphatic rings. The topological polar surface area (TPSA) is 70.0 Å². The summed E-state index contributed by atoms with van der Waals surface area (Å²) in [5.74, 6) is 1.12. The summed E-state index contributed by atoms with van der Waals surface area (Å²) in [5.41, 5.74) is 1.62. The monoisotopic (exact) mass is 479 g/mol. The van der Waals surface area contributed by atoms with Crippen LogP contribution in [0.4, 0.5) is 0 Å². The van der Waals surface area contributed by atoms with E-state index in [0.29, 0.717) is 36.5 Å². The average molecular weight is 480 g/mol. The summed E-state index contributed by atoms with van der Waals surface area (Å²) in [6, 6.07) is 18.0. The minimum absolute atomic E-state index is 0.0617. The smallest absolute Gasteiger partial charge is 0.200 e. The number of aromatic hydroxyl groups is 1. The van der Waals surface area contributed by atoms with Crippen molar-refractivity contribution in [3.8, 4) is 11.5 Å². The second-order valence-corrected chi connectivity index (χ2v) is 11.6. The number of rotatable bonds is 3. The van der Waals surface area contributed by atoms with E-state index in [1.54, 1.807) is 6.07 Å². The van der Waals surface area contributed by atoms with E-state index < -0.39 is 17.1 Å². The molecule has 2 heterocycles. The molecule has 1 saturated heterocycles. The lowest BCUT2D eigenvalue weighted by molar-refractivity contribution is -0.179. The summed E-state index contributed by atoms with van der Waals surface area (Å²) in [6.07, 6.45) is 5.34. The predicted octanol–water partition coefficient (Wildman–Crippen LogP) is 4.37. The van der Waals surface area contributed by atoms with Crippen LogP contribution in [0.2, 0.25) is 0 Å². The van der Waals surface area contributed by atoms with Crippen molar-refractivity contribution >= 4 is 22.6 Å². The number of piperidine rings is 1. The number of benzene rings is 3. The average Bonchev–Trinajstić information content (AvgIpc) is 3.62. The van der Waals surface area contributed by atoms with E-state index in [2.05, 4.69) is 29.2 Å². The molecule has 2 saturated carbocycles. The van der Waals surface area contributed by atoms with Crippen molar-refractivity contribution in [1.29, 1.82) is 0 Å². The highest BCUT2D eigenvalue weighted by Gasteiger charge is 2.74. The zero-order valence-corrected chi connectivity index (χ0v) is 20.1. The summed E-state index contributed by atoms with van der Waals surface area (Å²) in [7, 11) is 0. The van der Waals surface area contributed by atoms with Gasteiger partial charge >= 0.3 is 0 Å². The van der Waals surface area contributed by atoms with Crippen LogP contribution < -0.4 is 4.74 Å². The number of hydrogen-bond donors (Lipinski definition) is 2. The third-order valence-electron chi connectivity index (χ3n) is 9.64. The number of ketones is 1. The molecule has 3 unspecified atom stereocenters. The van der Waals surface area contributed by atoms with Crippen molar-refractivity contribution in [3.05, 3.63) is 76.9 Å². The first-order valence-electron chi connectivity index (χ1n) is 13.2. The SMILES string of the molecule is O=C1/C(=C\c2ccc3ccccc3c2)C[C@@]2(O)C3Cc4ccc(O)c5c4C2(CCN3CC2CC2)C1O5. The van der Waals surface area contributed by atoms with Crippen molar-refractivity contribution in [2.75, 3.05) is 13.1 Å². The van der Waals surface area contributed by atoms with Gasteiger partial charge in [0.1, 0.15) is 0 Å². The molecule has 0 amide bonds. The Labute approximate surface area is 210 Å². The molecule has 2 aliphatic heterocycles. The van der Waals surface area contributed by atoms with Crippen LogP contribution in [-0.2, 0) is 16.6 Å². The van der Waals surface area contributed by atoms with Gasteiger partial charge in [-0.2, -0.15) is 0 Å². The van der Waals surface area contributed by atoms with Gasteiger partial charge in [0.2, 0.25) is 0 Å². The molecule has 3 fully saturated rings. The summed E-state index contributed by atoms with van der Waals surface area (Å²) < 4.78 is 6.33. The van der Waals surface area contributed by atoms with E-state index in [4.69, 9.17) is 4.74 Å². The first-order valence-corrected chi connectivity index (χ1v) is 13.2. The number of fused-ring (bicyclic) bond motifs is 1. The maximum absolute atomic E-state index is 14.0. The maximum Gasteiger partial charge on any atom is 0.200 e. The minimum Gasteiger partial charge on any atom is -0.504 e. The molecule has 3 aromatic rings. The number of nitrogens with zero attached hydrogens (tertiary/aromatic N) is 1. The van der Waals surface area contributed by atoms with Gasteiger partial charge in [-0.05, 0) is 78.3 Å². The molecule has 4 atom stereocenters. The Bertz CT molecular complexity index is 1490. The van der Waals surface area contributed by atoms with Crippen LogP contribution in [0.5, 0.6) is 11.5 Å². The molecular formula is C31H29NO4. The largest absolute Gasteiger partial charge is 0.504 e. The molecule has 5 heteroatoms. The lowest BCUT2D eigenvalue weighted by atomic mass is 9.48. The number of carbonyl (C=O) groups is 1. The fourth-order valence-electron chi connectivity index (χ4n) is 7.81. The van der Waals surface area contributed by atoms with E-state index in [1.165, 1.54) is 12.8 Å². The highest BCUT2D eigenvalue weighted by molar-refractivity contribution is 6.06. The zero-order valence-electron chi connectivity index (χ0n) is 20.1. The van der Waals surface area contributed by atoms with Crippen molar-refractivity contribution in [1.82, 2.24) is 4.90 Å². The Balaban J connectivity index is 1.29. The first-order chi connectivity index (χ1) is 17.5. The molecule has 5 nitrogen and oxygen atoms in total. The molecule has 36 heavy (non-hydrogen) atoms. The third-order valence-corrected chi connectivity index (χ3v) is 9.64. The van der Waals surface area contributed by atoms with Gasteiger partial charge in [-0.25, -0.2) is 0 Å². The quantitative estimate of drug-likeness (QED) is 0.546. The summed E-state index contributed by atoms with van der Waals surface area (Å²) in [6.45, 7) is 1.85. The van der Waals surface area contributed by atoms with Gasteiger partial charge in [-0.15, -0.1) is 0 Å². The minimum atomic E-state index is -1.13. The Hall–Kier alpha value is -3.15. The van der Waals surface area contributed by atoms with Crippen LogP contribution in [0.3, 0.4) is 0 Å². The van der Waals surface area contributed by atoms with E-state index >= 15 is 0 Å². The molecule has 1 spiro atoms. The number of aliphatic hydroxyl groups is 1. The molecule has 2 bridgehead atoms. The van der Waals surface area contributed by atoms with E-state index in [0.717, 1.165) is 40.6 Å². The maximum atomic E-state index is 14.0. The van der Waals surface area contributed by atoms with E-state index in [-0.39, 0.29) is 17.6 Å². The number of phenols is 1. The predicted molar refractivity (Wildman–Crippen MR) is 137 cm³/mol. The van der Waals surface area contributed by atoms with Gasteiger partial charge in [0, 0.05) is 30.1 Å². The van der Waals surface area contributed by atoms with Crippen molar-refractivity contribution < 1.29 is 19.7 Å². The number of Topliss-reactive ketones (excluding diaryl/α,β-unsaturated/α-hetero) is 1. The molecule has 0 aromatic heterocycles. The number of ether oxygens (including phenoxy) is 1. The van der Waals surface area contributed by atoms with E-state index in [1.807, 2.05) is 30.3 Å². The number of carbonyl (C=O) groups excluding carboxylic acids is 1. The molecule has 182 valence electrons. The second kappa shape index (κ2) is 6.99. The fraction of sp³-hybridized carbons (Fsp3) is 0.387. The van der Waals surface area contributed by atoms with Crippen LogP contribution in [0, 0.1) is 5.92 Å². The lowest BCUT2D eigenvalue weighted by Gasteiger charge is -2.62. The zero-order chi connectivity index (χ0) is 24.2. The van der Waals surface area contributed by atoms with Crippen LogP contribution in [0.15, 0.2) is 60.2 Å². The van der Waals surface area contributed by atoms with Crippen molar-refractivity contribution in [3.63, 3.8) is 0 Å². The fourth-order valence-corrected chi connectivity index (χ4v) is 7.81. The highest BCUT2D eigenvalue weighted by Crippen LogP contribution is 2.65. The Morgan fingerprint density at radius 2 is 1.92 bits per heavy atom. The third kappa shape index (κ3) is 2.60. The highest BCUT2D eigenvalue weighted by atomic mass is 16.5. The van der Waals surface area contributed by atoms with Gasteiger partial charge in [-0.3, -0.25) is 9.69 Å². The number of phenolic OH excluding ortho intramolecular Hbond substituents is 1. The molecule has 2 N–H and O–H groups in total. The van der Waals surface area contributed by atoms with Crippen LogP contribution in [-0.4, -0.2) is 51.7 Å². The number of hydrogen-bond acceptors (Lipinski definition) is 5. The summed E-state index contributed by atoms with van der Waals surface area (Å²) >= 11 is 0. The molecule has 8 rings (SSSR count). The molecular weight excluding hydrogens is 450 g/mol. The van der Waals surface area contributed by atoms with Gasteiger partial charge < -0.3 is 14.9 Å². The van der Waals surface area contributed by atoms with Crippen molar-refractivity contribution in [2.45, 2.75) is 55.3 Å². The molecule has 3 aromatic carbocycles. The Morgan fingerprint density at radius 1 is 1.08 bits per heavy atom. The summed E-state index contributed by atoms with van der Waals surface area (Å²) in [5, 5.41) is 25.7. The lowest BCUT2D eigenvalue weighted by Crippen LogP contribution is -2.77. The summed E-state index contributed by atoms with van der Waals surface area (Å²) in [4.78, 5) is 16.5. The Kier molecular flexibility index (Phi) is 4.07. The van der Waals surface area contributed by atoms with Crippen molar-refractivity contribution in [2.24, 2.45) is 5.92 Å². The van der Waals surface area contributed by atoms with Gasteiger partial charge in [-0.1, -0.05) is 42.5 Å². The van der Waals surface area contributed by atoms with Crippen LogP contribution in [0.1, 0.15) is 42.4 Å². The Morgan fingerprint density at radius 3 is 2.75 bits per heavy atom. The second-order valence-electron chi connectivity index (χ2n) is 11.6. The van der Waals surface area contributed by atoms with Gasteiger partial charge in [0.05, 0.1) is 11.0 Å². The van der Waals surface area contributed by atoms with Crippen LogP contribution in [0.25, 0.3) is 16.8 Å². The molecule has 0 radical (unpaired) electrons. The first kappa shape index (κ1) is 21.0. The van der Waals surface area contributed by atoms with Gasteiger partial charge in [0.15, 0.2) is 23.4 Å². The standard InChI is InChI=1S/C31H29NO4/c33-24-10-9-22-15-25-31(35)16-23(14-19-7-8-20-3-1-2-4-21(20)13-19)27(34)29-30(31,26(22)28(24)36-29)11-12-32(25)17-18-5-6-18/h1-4,7-10,13-14,18,25,29,33,35H,5-6,11-12,15-17H2/b23-14-/t25?,29?,30?,31-/m1/s1.